The van der Waals surface area contributed by atoms with Crippen LogP contribution in [-0.2, 0) is 10.0 Å². The summed E-state index contributed by atoms with van der Waals surface area (Å²) in [6, 6.07) is 6.32. The van der Waals surface area contributed by atoms with Gasteiger partial charge in [-0.25, -0.2) is 8.42 Å². The van der Waals surface area contributed by atoms with Crippen molar-refractivity contribution in [3.8, 4) is 0 Å². The van der Waals surface area contributed by atoms with Gasteiger partial charge in [0.2, 0.25) is 10.0 Å². The zero-order chi connectivity index (χ0) is 14.6. The first-order valence-corrected chi connectivity index (χ1v) is 8.03. The molecule has 0 heterocycles. The highest BCUT2D eigenvalue weighted by Crippen LogP contribution is 2.19. The fraction of sp³-hybridized carbons (Fsp3) is 0.462. The monoisotopic (exact) mass is 300 g/mol. The molecule has 0 spiro atoms. The summed E-state index contributed by atoms with van der Waals surface area (Å²) in [5, 5.41) is 0. The lowest BCUT2D eigenvalue weighted by Crippen LogP contribution is -2.35. The average Bonchev–Trinajstić information content (AvgIpc) is 2.38. The molecule has 0 bridgehead atoms. The molecule has 0 fully saturated rings. The molecule has 1 atom stereocenters. The van der Waals surface area contributed by atoms with Crippen molar-refractivity contribution in [3.05, 3.63) is 29.8 Å². The Balaban J connectivity index is 3.03. The van der Waals surface area contributed by atoms with Gasteiger partial charge in [-0.2, -0.15) is 4.31 Å². The lowest BCUT2D eigenvalue weighted by molar-refractivity contribution is 0.369. The van der Waals surface area contributed by atoms with Crippen LogP contribution in [0.1, 0.15) is 32.3 Å². The van der Waals surface area contributed by atoms with E-state index in [2.05, 4.69) is 0 Å². The minimum atomic E-state index is -3.45. The second-order valence-electron chi connectivity index (χ2n) is 4.55. The summed E-state index contributed by atoms with van der Waals surface area (Å²) in [7, 11) is -1.85. The quantitative estimate of drug-likeness (QED) is 0.818. The number of nitrogens with two attached hydrogens (primary N) is 1. The summed E-state index contributed by atoms with van der Waals surface area (Å²) in [6.45, 7) is 3.94. The molecule has 0 aromatic heterocycles. The molecule has 2 N–H and O–H groups in total. The van der Waals surface area contributed by atoms with Gasteiger partial charge in [-0.15, -0.1) is 0 Å². The summed E-state index contributed by atoms with van der Waals surface area (Å²) in [6.07, 6.45) is 1.78. The van der Waals surface area contributed by atoms with Crippen molar-refractivity contribution in [2.45, 2.75) is 37.6 Å². The van der Waals surface area contributed by atoms with Crippen molar-refractivity contribution >= 4 is 27.2 Å². The first-order valence-electron chi connectivity index (χ1n) is 6.18. The molecule has 0 aliphatic carbocycles. The zero-order valence-electron chi connectivity index (χ0n) is 11.5. The molecule has 0 radical (unpaired) electrons. The van der Waals surface area contributed by atoms with Crippen molar-refractivity contribution in [2.75, 3.05) is 7.05 Å². The van der Waals surface area contributed by atoms with Crippen molar-refractivity contribution in [1.29, 1.82) is 0 Å². The summed E-state index contributed by atoms with van der Waals surface area (Å²) in [4.78, 5) is 0.523. The van der Waals surface area contributed by atoms with Crippen molar-refractivity contribution < 1.29 is 8.42 Å². The number of benzene rings is 1. The minimum absolute atomic E-state index is 0.0229. The number of thiocarbonyl (C=S) groups is 1. The van der Waals surface area contributed by atoms with Gasteiger partial charge in [0.05, 0.1) is 4.90 Å². The average molecular weight is 300 g/mol. The molecule has 1 aromatic carbocycles. The Labute approximate surface area is 120 Å². The van der Waals surface area contributed by atoms with E-state index in [0.29, 0.717) is 5.56 Å². The maximum Gasteiger partial charge on any atom is 0.243 e. The zero-order valence-corrected chi connectivity index (χ0v) is 13.1. The van der Waals surface area contributed by atoms with Crippen LogP contribution in [0.25, 0.3) is 0 Å². The Morgan fingerprint density at radius 1 is 1.37 bits per heavy atom. The molecule has 0 aliphatic heterocycles. The Morgan fingerprint density at radius 2 is 1.89 bits per heavy atom. The van der Waals surface area contributed by atoms with Gasteiger partial charge >= 0.3 is 0 Å². The second-order valence-corrected chi connectivity index (χ2v) is 6.98. The van der Waals surface area contributed by atoms with E-state index in [0.717, 1.165) is 12.8 Å². The minimum Gasteiger partial charge on any atom is -0.389 e. The number of rotatable bonds is 6. The Hall–Kier alpha value is -0.980. The Kier molecular flexibility index (Phi) is 5.46. The van der Waals surface area contributed by atoms with E-state index in [1.807, 2.05) is 13.8 Å². The van der Waals surface area contributed by atoms with Gasteiger partial charge in [0.25, 0.3) is 0 Å². The van der Waals surface area contributed by atoms with Gasteiger partial charge < -0.3 is 5.73 Å². The fourth-order valence-corrected chi connectivity index (χ4v) is 3.32. The number of hydrogen-bond donors (Lipinski definition) is 1. The van der Waals surface area contributed by atoms with E-state index >= 15 is 0 Å². The smallest absolute Gasteiger partial charge is 0.243 e. The van der Waals surface area contributed by atoms with Crippen LogP contribution in [-0.4, -0.2) is 30.8 Å². The van der Waals surface area contributed by atoms with Crippen molar-refractivity contribution in [3.63, 3.8) is 0 Å². The summed E-state index contributed by atoms with van der Waals surface area (Å²) < 4.78 is 26.2. The molecular formula is C13H20N2O2S2. The highest BCUT2D eigenvalue weighted by molar-refractivity contribution is 7.89. The number of nitrogens with zero attached hydrogens (tertiary/aromatic N) is 1. The molecule has 0 saturated heterocycles. The summed E-state index contributed by atoms with van der Waals surface area (Å²) >= 11 is 4.84. The summed E-state index contributed by atoms with van der Waals surface area (Å²) in [5.74, 6) is 0. The predicted molar refractivity (Wildman–Crippen MR) is 81.6 cm³/mol. The van der Waals surface area contributed by atoms with Crippen LogP contribution < -0.4 is 5.73 Å². The fourth-order valence-electron chi connectivity index (χ4n) is 1.79. The third-order valence-electron chi connectivity index (χ3n) is 3.14. The molecule has 19 heavy (non-hydrogen) atoms. The lowest BCUT2D eigenvalue weighted by atomic mass is 10.2. The van der Waals surface area contributed by atoms with E-state index in [1.165, 1.54) is 4.31 Å². The summed E-state index contributed by atoms with van der Waals surface area (Å²) in [5.41, 5.74) is 6.16. The van der Waals surface area contributed by atoms with Crippen LogP contribution in [0.3, 0.4) is 0 Å². The molecule has 106 valence electrons. The van der Waals surface area contributed by atoms with E-state index < -0.39 is 10.0 Å². The molecule has 0 saturated carbocycles. The topological polar surface area (TPSA) is 63.4 Å². The largest absolute Gasteiger partial charge is 0.389 e. The van der Waals surface area contributed by atoms with Crippen molar-refractivity contribution in [1.82, 2.24) is 4.31 Å². The maximum absolute atomic E-state index is 12.4. The van der Waals surface area contributed by atoms with Crippen LogP contribution in [0.5, 0.6) is 0 Å². The van der Waals surface area contributed by atoms with Gasteiger partial charge in [0.1, 0.15) is 4.99 Å². The van der Waals surface area contributed by atoms with Gasteiger partial charge in [0, 0.05) is 18.7 Å². The number of sulfonamides is 1. The van der Waals surface area contributed by atoms with Crippen LogP contribution in [0, 0.1) is 0 Å². The first kappa shape index (κ1) is 16.1. The first-order chi connectivity index (χ1) is 8.80. The van der Waals surface area contributed by atoms with Crippen LogP contribution in [0.2, 0.25) is 0 Å². The van der Waals surface area contributed by atoms with Gasteiger partial charge in [-0.05, 0) is 25.5 Å². The lowest BCUT2D eigenvalue weighted by Gasteiger charge is -2.24. The predicted octanol–water partition coefficient (Wildman–Crippen LogP) is 2.13. The molecule has 1 rings (SSSR count). The van der Waals surface area contributed by atoms with Crippen molar-refractivity contribution in [2.24, 2.45) is 5.73 Å². The molecule has 1 aromatic rings. The van der Waals surface area contributed by atoms with E-state index in [4.69, 9.17) is 18.0 Å². The Morgan fingerprint density at radius 3 is 2.32 bits per heavy atom. The standard InChI is InChI=1S/C13H20N2O2S2/c1-4-5-10(2)15(3)19(16,17)12-8-6-11(7-9-12)13(14)18/h6-10H,4-5H2,1-3H3,(H2,14,18). The van der Waals surface area contributed by atoms with E-state index in [1.54, 1.807) is 31.3 Å². The van der Waals surface area contributed by atoms with Crippen LogP contribution >= 0.6 is 12.2 Å². The third-order valence-corrected chi connectivity index (χ3v) is 5.36. The van der Waals surface area contributed by atoms with Gasteiger partial charge in [0.15, 0.2) is 0 Å². The molecular weight excluding hydrogens is 280 g/mol. The second kappa shape index (κ2) is 6.45. The molecule has 0 aliphatic rings. The Bertz CT molecular complexity index is 538. The van der Waals surface area contributed by atoms with Gasteiger partial charge in [-0.1, -0.05) is 37.7 Å². The van der Waals surface area contributed by atoms with Gasteiger partial charge in [-0.3, -0.25) is 0 Å². The maximum atomic E-state index is 12.4. The van der Waals surface area contributed by atoms with E-state index in [9.17, 15) is 8.42 Å². The SMILES string of the molecule is CCCC(C)N(C)S(=O)(=O)c1ccc(C(N)=S)cc1. The highest BCUT2D eigenvalue weighted by atomic mass is 32.2. The molecule has 1 unspecified atom stereocenters. The molecule has 4 nitrogen and oxygen atoms in total. The van der Waals surface area contributed by atoms with Crippen LogP contribution in [0.4, 0.5) is 0 Å². The van der Waals surface area contributed by atoms with E-state index in [-0.39, 0.29) is 15.9 Å². The number of hydrogen-bond acceptors (Lipinski definition) is 3. The molecule has 0 amide bonds. The third kappa shape index (κ3) is 3.75. The van der Waals surface area contributed by atoms with Crippen LogP contribution in [0.15, 0.2) is 29.2 Å². The molecule has 6 heteroatoms. The normalized spacial score (nSPS) is 13.5. The highest BCUT2D eigenvalue weighted by Gasteiger charge is 2.24.